The van der Waals surface area contributed by atoms with E-state index in [4.69, 9.17) is 0 Å². The van der Waals surface area contributed by atoms with Crippen molar-refractivity contribution in [2.24, 2.45) is 0 Å². The lowest BCUT2D eigenvalue weighted by Gasteiger charge is -2.26. The number of hydrogen-bond donors (Lipinski definition) is 1. The third-order valence-corrected chi connectivity index (χ3v) is 2.98. The van der Waals surface area contributed by atoms with Gasteiger partial charge in [0.15, 0.2) is 0 Å². The lowest BCUT2D eigenvalue weighted by atomic mass is 10.2. The van der Waals surface area contributed by atoms with Crippen LogP contribution in [0, 0.1) is 0 Å². The predicted octanol–water partition coefficient (Wildman–Crippen LogP) is 1.63. The van der Waals surface area contributed by atoms with Crippen molar-refractivity contribution < 1.29 is 13.6 Å². The van der Waals surface area contributed by atoms with E-state index in [0.717, 1.165) is 4.41 Å². The number of carbonyl (C=O) groups excluding carboxylic acids is 1. The van der Waals surface area contributed by atoms with E-state index < -0.39 is 17.2 Å². The van der Waals surface area contributed by atoms with E-state index in [2.05, 4.69) is 5.43 Å². The second kappa shape index (κ2) is 6.12. The Morgan fingerprint density at radius 1 is 1.00 bits per heavy atom. The van der Waals surface area contributed by atoms with Crippen molar-refractivity contribution in [1.82, 2.24) is 5.43 Å². The van der Waals surface area contributed by atoms with Crippen LogP contribution in [0.5, 0.6) is 0 Å². The molecule has 1 N–H and O–H groups in total. The third-order valence-electron chi connectivity index (χ3n) is 2.38. The lowest BCUT2D eigenvalue weighted by molar-refractivity contribution is 0.0955. The van der Waals surface area contributed by atoms with Gasteiger partial charge in [-0.1, -0.05) is 36.4 Å². The van der Waals surface area contributed by atoms with Crippen LogP contribution in [0.15, 0.2) is 60.7 Å². The summed E-state index contributed by atoms with van der Waals surface area (Å²) >= 11 is -2.60. The summed E-state index contributed by atoms with van der Waals surface area (Å²) in [6.45, 7) is 0. The normalized spacial score (nSPS) is 11.6. The molecule has 0 aliphatic carbocycles. The van der Waals surface area contributed by atoms with E-state index in [0.29, 0.717) is 11.3 Å². The Morgan fingerprint density at radius 2 is 1.53 bits per heavy atom. The van der Waals surface area contributed by atoms with E-state index in [1.807, 2.05) is 0 Å². The first-order chi connectivity index (χ1) is 9.18. The number of nitrogens with one attached hydrogen (secondary N) is 1. The molecule has 5 nitrogen and oxygen atoms in total. The van der Waals surface area contributed by atoms with Crippen LogP contribution in [0.4, 0.5) is 5.69 Å². The molecule has 19 heavy (non-hydrogen) atoms. The highest BCUT2D eigenvalue weighted by molar-refractivity contribution is 7.80. The largest absolute Gasteiger partial charge is 0.754 e. The molecule has 0 saturated carbocycles. The van der Waals surface area contributed by atoms with Crippen LogP contribution in [0.25, 0.3) is 0 Å². The van der Waals surface area contributed by atoms with Crippen molar-refractivity contribution in [2.75, 3.05) is 4.41 Å². The summed E-state index contributed by atoms with van der Waals surface area (Å²) < 4.78 is 23.1. The number of hydrazine groups is 1. The number of benzene rings is 2. The molecular formula is C13H11N2O3S-. The van der Waals surface area contributed by atoms with Gasteiger partial charge in [0.2, 0.25) is 0 Å². The van der Waals surface area contributed by atoms with Crippen molar-refractivity contribution >= 4 is 22.9 Å². The van der Waals surface area contributed by atoms with Gasteiger partial charge in [-0.15, -0.1) is 0 Å². The van der Waals surface area contributed by atoms with Gasteiger partial charge < -0.3 is 4.55 Å². The molecule has 1 unspecified atom stereocenters. The maximum atomic E-state index is 11.9. The molecule has 0 heterocycles. The second-order valence-corrected chi connectivity index (χ2v) is 4.45. The smallest absolute Gasteiger partial charge is 0.270 e. The molecule has 0 bridgehead atoms. The van der Waals surface area contributed by atoms with Gasteiger partial charge in [0.1, 0.15) is 0 Å². The van der Waals surface area contributed by atoms with E-state index in [-0.39, 0.29) is 0 Å². The second-order valence-electron chi connectivity index (χ2n) is 3.65. The maximum Gasteiger partial charge on any atom is 0.270 e. The maximum absolute atomic E-state index is 11.9. The SMILES string of the molecule is O=C(NN(c1ccccc1)S(=O)[O-])c1ccccc1. The Morgan fingerprint density at radius 3 is 2.05 bits per heavy atom. The number of carbonyl (C=O) groups is 1. The number of anilines is 1. The van der Waals surface area contributed by atoms with Gasteiger partial charge in [0.05, 0.1) is 17.0 Å². The van der Waals surface area contributed by atoms with Crippen molar-refractivity contribution in [3.05, 3.63) is 66.2 Å². The molecule has 98 valence electrons. The van der Waals surface area contributed by atoms with Gasteiger partial charge >= 0.3 is 0 Å². The molecule has 0 aromatic heterocycles. The number of hydrogen-bond acceptors (Lipinski definition) is 3. The fourth-order valence-electron chi connectivity index (χ4n) is 1.50. The van der Waals surface area contributed by atoms with Crippen LogP contribution in [0.1, 0.15) is 10.4 Å². The van der Waals surface area contributed by atoms with Crippen molar-refractivity contribution in [3.8, 4) is 0 Å². The minimum absolute atomic E-state index is 0.361. The number of nitrogens with zero attached hydrogens (tertiary/aromatic N) is 1. The van der Waals surface area contributed by atoms with Crippen LogP contribution in [-0.4, -0.2) is 14.7 Å². The first kappa shape index (κ1) is 13.3. The molecule has 1 amide bonds. The summed E-state index contributed by atoms with van der Waals surface area (Å²) in [4.78, 5) is 11.9. The first-order valence-electron chi connectivity index (χ1n) is 5.49. The van der Waals surface area contributed by atoms with Gasteiger partial charge in [0.25, 0.3) is 5.91 Å². The minimum Gasteiger partial charge on any atom is -0.754 e. The summed E-state index contributed by atoms with van der Waals surface area (Å²) in [5.41, 5.74) is 3.08. The molecule has 0 fully saturated rings. The Kier molecular flexibility index (Phi) is 4.27. The predicted molar refractivity (Wildman–Crippen MR) is 71.7 cm³/mol. The van der Waals surface area contributed by atoms with Crippen molar-refractivity contribution in [3.63, 3.8) is 0 Å². The number of amides is 1. The van der Waals surface area contributed by atoms with Crippen LogP contribution in [0.3, 0.4) is 0 Å². The number of para-hydroxylation sites is 1. The van der Waals surface area contributed by atoms with Crippen molar-refractivity contribution in [1.29, 1.82) is 0 Å². The molecule has 0 spiro atoms. The number of rotatable bonds is 4. The molecule has 2 aromatic rings. The molecule has 1 atom stereocenters. The van der Waals surface area contributed by atoms with E-state index >= 15 is 0 Å². The third kappa shape index (κ3) is 3.40. The minimum atomic E-state index is -2.60. The highest BCUT2D eigenvalue weighted by atomic mass is 32.2. The molecule has 0 radical (unpaired) electrons. The van der Waals surface area contributed by atoms with E-state index in [1.165, 1.54) is 0 Å². The zero-order valence-electron chi connectivity index (χ0n) is 9.85. The Hall–Kier alpha value is -2.18. The fraction of sp³-hybridized carbons (Fsp3) is 0. The molecule has 2 aromatic carbocycles. The van der Waals surface area contributed by atoms with Gasteiger partial charge in [-0.3, -0.25) is 14.4 Å². The highest BCUT2D eigenvalue weighted by Gasteiger charge is 2.12. The summed E-state index contributed by atoms with van der Waals surface area (Å²) in [7, 11) is 0. The average molecular weight is 275 g/mol. The summed E-state index contributed by atoms with van der Waals surface area (Å²) in [5.74, 6) is -0.492. The lowest BCUT2D eigenvalue weighted by Crippen LogP contribution is -2.43. The zero-order valence-corrected chi connectivity index (χ0v) is 10.7. The Labute approximate surface area is 113 Å². The van der Waals surface area contributed by atoms with Gasteiger partial charge in [-0.25, -0.2) is 4.41 Å². The molecule has 0 aliphatic rings. The monoisotopic (exact) mass is 275 g/mol. The Balaban J connectivity index is 2.19. The van der Waals surface area contributed by atoms with Crippen molar-refractivity contribution in [2.45, 2.75) is 0 Å². The van der Waals surface area contributed by atoms with E-state index in [1.54, 1.807) is 60.7 Å². The first-order valence-corrected chi connectivity index (χ1v) is 6.52. The zero-order chi connectivity index (χ0) is 13.7. The highest BCUT2D eigenvalue weighted by Crippen LogP contribution is 2.12. The van der Waals surface area contributed by atoms with Crippen LogP contribution in [0.2, 0.25) is 0 Å². The Bertz CT molecular complexity index is 575. The standard InChI is InChI=1S/C13H12N2O3S/c16-13(11-7-3-1-4-8-11)14-15(19(17)18)12-9-5-2-6-10-12/h1-10H,(H,14,16)(H,17,18)/p-1. The van der Waals surface area contributed by atoms with Gasteiger partial charge in [-0.05, 0) is 24.3 Å². The summed E-state index contributed by atoms with van der Waals surface area (Å²) in [5, 5.41) is 0. The van der Waals surface area contributed by atoms with Gasteiger partial charge in [-0.2, -0.15) is 0 Å². The fourth-order valence-corrected chi connectivity index (χ4v) is 1.95. The molecule has 0 saturated heterocycles. The van der Waals surface area contributed by atoms with Crippen LogP contribution >= 0.6 is 0 Å². The molecule has 2 rings (SSSR count). The summed E-state index contributed by atoms with van der Waals surface area (Å²) in [6, 6.07) is 16.7. The van der Waals surface area contributed by atoms with E-state index in [9.17, 15) is 13.6 Å². The average Bonchev–Trinajstić information content (AvgIpc) is 2.46. The molecule has 0 aliphatic heterocycles. The molecular weight excluding hydrogens is 264 g/mol. The topological polar surface area (TPSA) is 72.5 Å². The quantitative estimate of drug-likeness (QED) is 0.681. The molecule has 6 heteroatoms. The van der Waals surface area contributed by atoms with Crippen LogP contribution in [-0.2, 0) is 11.3 Å². The van der Waals surface area contributed by atoms with Gasteiger partial charge in [0, 0.05) is 5.56 Å². The summed E-state index contributed by atoms with van der Waals surface area (Å²) in [6.07, 6.45) is 0. The van der Waals surface area contributed by atoms with Crippen LogP contribution < -0.4 is 9.84 Å².